The Bertz CT molecular complexity index is 370. The Morgan fingerprint density at radius 2 is 1.58 bits per heavy atom. The highest BCUT2D eigenvalue weighted by molar-refractivity contribution is 7.43. The molecule has 0 aromatic carbocycles. The summed E-state index contributed by atoms with van der Waals surface area (Å²) in [6.07, 6.45) is -1.69. The van der Waals surface area contributed by atoms with Crippen LogP contribution in [0.5, 0.6) is 0 Å². The second-order valence-electron chi connectivity index (χ2n) is 3.49. The van der Waals surface area contributed by atoms with Gasteiger partial charge in [-0.05, 0) is 12.8 Å². The molecule has 0 aliphatic carbocycles. The maximum Gasteiger partial charge on any atom is 0.102 e. The summed E-state index contributed by atoms with van der Waals surface area (Å²) in [7, 11) is -10.4. The summed E-state index contributed by atoms with van der Waals surface area (Å²) in [6, 6.07) is 0. The lowest BCUT2D eigenvalue weighted by atomic mass is 10.1. The second-order valence-corrected chi connectivity index (χ2v) is 5.75. The minimum Gasteiger partial charge on any atom is -0.790 e. The number of carboxylic acids is 1. The van der Waals surface area contributed by atoms with E-state index in [2.05, 4.69) is 9.05 Å². The Balaban J connectivity index is 3.86. The molecule has 0 heterocycles. The topological polar surface area (TPSA) is 185 Å². The van der Waals surface area contributed by atoms with Gasteiger partial charge >= 0.3 is 0 Å². The number of carbonyl (C=O) groups excluding carboxylic acids is 1. The first-order chi connectivity index (χ1) is 8.51. The number of hydrogen-bond acceptors (Lipinski definition) is 10. The predicted molar refractivity (Wildman–Crippen MR) is 49.5 cm³/mol. The number of aliphatic carboxylic acids is 1. The van der Waals surface area contributed by atoms with Gasteiger partial charge in [-0.25, -0.2) is 0 Å². The van der Waals surface area contributed by atoms with Crippen LogP contribution in [-0.4, -0.2) is 18.7 Å². The molecule has 0 unspecified atom stereocenters. The van der Waals surface area contributed by atoms with E-state index in [1.165, 1.54) is 0 Å². The van der Waals surface area contributed by atoms with Gasteiger partial charge in [-0.3, -0.25) is 0 Å². The van der Waals surface area contributed by atoms with Crippen molar-refractivity contribution >= 4 is 21.6 Å². The average Bonchev–Trinajstić information content (AvgIpc) is 2.17. The first kappa shape index (κ1) is 18.7. The summed E-state index contributed by atoms with van der Waals surface area (Å²) >= 11 is 0. The molecule has 0 amide bonds. The first-order valence-corrected chi connectivity index (χ1v) is 8.01. The van der Waals surface area contributed by atoms with Crippen molar-refractivity contribution in [3.63, 3.8) is 0 Å². The molecular formula is C7H11O10P2-5. The van der Waals surface area contributed by atoms with E-state index in [0.29, 0.717) is 0 Å². The number of carbonyl (C=O) groups is 1. The zero-order chi connectivity index (χ0) is 15.1. The highest BCUT2D eigenvalue weighted by Gasteiger charge is 2.11. The molecule has 0 N–H and O–H groups in total. The number of unbranched alkanes of at least 4 members (excludes halogenated alkanes) is 2. The second kappa shape index (κ2) is 8.08. The molecule has 10 nitrogen and oxygen atoms in total. The van der Waals surface area contributed by atoms with Crippen molar-refractivity contribution in [3.05, 3.63) is 0 Å². The predicted octanol–water partition coefficient (Wildman–Crippen LogP) is -3.64. The smallest absolute Gasteiger partial charge is 0.102 e. The monoisotopic (exact) mass is 317 g/mol. The highest BCUT2D eigenvalue weighted by atomic mass is 31.2. The van der Waals surface area contributed by atoms with Gasteiger partial charge in [0.1, 0.15) is 6.10 Å². The lowest BCUT2D eigenvalue weighted by Crippen LogP contribution is -2.39. The third kappa shape index (κ3) is 12.5. The Morgan fingerprint density at radius 3 is 2.00 bits per heavy atom. The van der Waals surface area contributed by atoms with Gasteiger partial charge < -0.3 is 47.7 Å². The van der Waals surface area contributed by atoms with Crippen LogP contribution in [0.15, 0.2) is 0 Å². The zero-order valence-corrected chi connectivity index (χ0v) is 11.4. The van der Waals surface area contributed by atoms with Gasteiger partial charge in [0.15, 0.2) is 0 Å². The summed E-state index contributed by atoms with van der Waals surface area (Å²) in [6.45, 7) is -0.358. The van der Waals surface area contributed by atoms with Crippen molar-refractivity contribution < 1.29 is 47.7 Å². The lowest BCUT2D eigenvalue weighted by molar-refractivity contribution is -0.353. The van der Waals surface area contributed by atoms with Gasteiger partial charge in [-0.1, -0.05) is 12.8 Å². The Morgan fingerprint density at radius 1 is 1.00 bits per heavy atom. The van der Waals surface area contributed by atoms with Crippen molar-refractivity contribution in [2.45, 2.75) is 31.8 Å². The molecule has 0 rings (SSSR count). The summed E-state index contributed by atoms with van der Waals surface area (Å²) < 4.78 is 28.0. The molecule has 0 aliphatic heterocycles. The third-order valence-corrected chi connectivity index (χ3v) is 2.89. The molecule has 0 radical (unpaired) electrons. The summed E-state index contributed by atoms with van der Waals surface area (Å²) in [5.74, 6) is -1.84. The SMILES string of the molecule is O=C([O-])[C@@H](CCCCCOP(=O)([O-])[O-])OP(=O)([O-])[O-]. The van der Waals surface area contributed by atoms with Crippen LogP contribution in [0, 0.1) is 0 Å². The Labute approximate surface area is 108 Å². The van der Waals surface area contributed by atoms with Crippen LogP contribution in [-0.2, 0) is 23.0 Å². The van der Waals surface area contributed by atoms with Crippen molar-refractivity contribution in [1.29, 1.82) is 0 Å². The van der Waals surface area contributed by atoms with E-state index >= 15 is 0 Å². The molecule has 1 atom stereocenters. The van der Waals surface area contributed by atoms with Crippen LogP contribution in [0.2, 0.25) is 0 Å². The van der Waals surface area contributed by atoms with Gasteiger partial charge in [0.2, 0.25) is 0 Å². The largest absolute Gasteiger partial charge is 0.790 e. The van der Waals surface area contributed by atoms with Gasteiger partial charge in [0.25, 0.3) is 0 Å². The fourth-order valence-corrected chi connectivity index (χ4v) is 2.01. The average molecular weight is 317 g/mol. The van der Waals surface area contributed by atoms with Crippen molar-refractivity contribution in [3.8, 4) is 0 Å². The first-order valence-electron chi connectivity index (χ1n) is 5.09. The number of carboxylic acid groups (broad SMARTS) is 1. The molecular weight excluding hydrogens is 306 g/mol. The summed E-state index contributed by atoms with van der Waals surface area (Å²) in [4.78, 5) is 51.0. The molecule has 12 heteroatoms. The number of hydrogen-bond donors (Lipinski definition) is 0. The molecule has 0 aliphatic rings. The molecule has 0 spiro atoms. The fraction of sp³-hybridized carbons (Fsp3) is 0.857. The van der Waals surface area contributed by atoms with Crippen LogP contribution in [0.4, 0.5) is 0 Å². The maximum absolute atomic E-state index is 10.4. The lowest BCUT2D eigenvalue weighted by Gasteiger charge is -2.33. The van der Waals surface area contributed by atoms with E-state index in [1.54, 1.807) is 0 Å². The zero-order valence-electron chi connectivity index (χ0n) is 9.59. The van der Waals surface area contributed by atoms with E-state index in [-0.39, 0.29) is 32.3 Å². The standard InChI is InChI=1S/C7H16O10P2/c8-7(9)6(17-19(13,14)15)4-2-1-3-5-16-18(10,11)12/h6H,1-5H2,(H,8,9)(H2,10,11,12)(H2,13,14,15)/p-5/t6-/m1/s1. The number of phosphoric ester groups is 2. The van der Waals surface area contributed by atoms with E-state index < -0.39 is 27.7 Å². The third-order valence-electron chi connectivity index (χ3n) is 1.88. The summed E-state index contributed by atoms with van der Waals surface area (Å²) in [5, 5.41) is 10.4. The Hall–Kier alpha value is -0.310. The van der Waals surface area contributed by atoms with Gasteiger partial charge in [0.05, 0.1) is 28.2 Å². The molecule has 0 bridgehead atoms. The van der Waals surface area contributed by atoms with Gasteiger partial charge in [-0.2, -0.15) is 0 Å². The normalized spacial score (nSPS) is 14.3. The number of rotatable bonds is 10. The van der Waals surface area contributed by atoms with E-state index in [1.807, 2.05) is 0 Å². The molecule has 0 fully saturated rings. The van der Waals surface area contributed by atoms with Crippen LogP contribution < -0.4 is 24.7 Å². The summed E-state index contributed by atoms with van der Waals surface area (Å²) in [5.41, 5.74) is 0. The molecule has 0 aromatic heterocycles. The number of phosphoric acid groups is 2. The van der Waals surface area contributed by atoms with Crippen molar-refractivity contribution in [2.24, 2.45) is 0 Å². The molecule has 0 saturated heterocycles. The fourth-order valence-electron chi connectivity index (χ4n) is 1.15. The molecule has 19 heavy (non-hydrogen) atoms. The molecule has 0 saturated carbocycles. The molecule has 114 valence electrons. The van der Waals surface area contributed by atoms with Crippen molar-refractivity contribution in [2.75, 3.05) is 6.61 Å². The van der Waals surface area contributed by atoms with Crippen molar-refractivity contribution in [1.82, 2.24) is 0 Å². The van der Waals surface area contributed by atoms with Crippen LogP contribution >= 0.6 is 15.6 Å². The minimum atomic E-state index is -5.42. The highest BCUT2D eigenvalue weighted by Crippen LogP contribution is 2.29. The quantitative estimate of drug-likeness (QED) is 0.287. The molecule has 0 aromatic rings. The Kier molecular flexibility index (Phi) is 7.95. The van der Waals surface area contributed by atoms with Crippen LogP contribution in [0.25, 0.3) is 0 Å². The van der Waals surface area contributed by atoms with Crippen LogP contribution in [0.3, 0.4) is 0 Å². The van der Waals surface area contributed by atoms with E-state index in [0.717, 1.165) is 0 Å². The van der Waals surface area contributed by atoms with Crippen LogP contribution in [0.1, 0.15) is 25.7 Å². The van der Waals surface area contributed by atoms with Gasteiger partial charge in [-0.15, -0.1) is 0 Å². The van der Waals surface area contributed by atoms with E-state index in [9.17, 15) is 38.6 Å². The minimum absolute atomic E-state index is 0.115. The van der Waals surface area contributed by atoms with Gasteiger partial charge in [0, 0.05) is 0 Å². The maximum atomic E-state index is 10.4. The van der Waals surface area contributed by atoms with E-state index in [4.69, 9.17) is 0 Å².